The van der Waals surface area contributed by atoms with Crippen LogP contribution >= 0.6 is 0 Å². The number of ether oxygens (including phenoxy) is 2. The van der Waals surface area contributed by atoms with Gasteiger partial charge >= 0.3 is 11.9 Å². The van der Waals surface area contributed by atoms with Gasteiger partial charge in [-0.25, -0.2) is 9.59 Å². The molecule has 0 aliphatic rings. The Labute approximate surface area is 174 Å². The molecule has 2 N–H and O–H groups in total. The van der Waals surface area contributed by atoms with Crippen LogP contribution in [0.15, 0.2) is 23.3 Å². The Hall–Kier alpha value is -3.26. The van der Waals surface area contributed by atoms with Gasteiger partial charge in [0.1, 0.15) is 0 Å². The maximum absolute atomic E-state index is 12.4. The van der Waals surface area contributed by atoms with E-state index < -0.39 is 47.3 Å². The number of carboxylic acids is 2. The lowest BCUT2D eigenvalue weighted by atomic mass is 9.62. The van der Waals surface area contributed by atoms with Gasteiger partial charge < -0.3 is 19.7 Å². The standard InChI is InChI=1S/C20H27N3O7/c1-18(2,3)20(17(27)28,19(4,5)6)30-14-8-7-12(13(24)10-22-23-21)9-15(14)29-11-16(25)26/h7-9H,10-11H2,1-6H3,(H,25,26)(H,27,28). The van der Waals surface area contributed by atoms with Crippen molar-refractivity contribution in [3.63, 3.8) is 0 Å². The Morgan fingerprint density at radius 2 is 1.60 bits per heavy atom. The van der Waals surface area contributed by atoms with Crippen LogP contribution in [0, 0.1) is 10.8 Å². The monoisotopic (exact) mass is 421 g/mol. The fourth-order valence-electron chi connectivity index (χ4n) is 3.49. The molecule has 0 bridgehead atoms. The molecule has 1 rings (SSSR count). The average molecular weight is 421 g/mol. The molecule has 10 nitrogen and oxygen atoms in total. The van der Waals surface area contributed by atoms with Crippen LogP contribution in [0.5, 0.6) is 11.5 Å². The molecule has 0 spiro atoms. The van der Waals surface area contributed by atoms with Crippen molar-refractivity contribution in [3.05, 3.63) is 34.2 Å². The van der Waals surface area contributed by atoms with Crippen molar-refractivity contribution in [2.45, 2.75) is 47.1 Å². The summed E-state index contributed by atoms with van der Waals surface area (Å²) in [7, 11) is 0. The molecule has 0 atom stereocenters. The van der Waals surface area contributed by atoms with Gasteiger partial charge in [0.25, 0.3) is 0 Å². The van der Waals surface area contributed by atoms with Crippen LogP contribution in [-0.4, -0.2) is 46.7 Å². The minimum Gasteiger partial charge on any atom is -0.479 e. The van der Waals surface area contributed by atoms with Crippen molar-refractivity contribution in [2.24, 2.45) is 15.9 Å². The Balaban J connectivity index is 3.59. The normalized spacial score (nSPS) is 11.9. The van der Waals surface area contributed by atoms with Crippen molar-refractivity contribution < 1.29 is 34.1 Å². The fourth-order valence-corrected chi connectivity index (χ4v) is 3.49. The van der Waals surface area contributed by atoms with Crippen LogP contribution < -0.4 is 9.47 Å². The quantitative estimate of drug-likeness (QED) is 0.264. The number of hydrogen-bond donors (Lipinski definition) is 2. The number of Topliss-reactive ketones (excluding diaryl/α,β-unsaturated/α-hetero) is 1. The summed E-state index contributed by atoms with van der Waals surface area (Å²) in [5, 5.41) is 22.3. The van der Waals surface area contributed by atoms with Gasteiger partial charge in [-0.2, -0.15) is 0 Å². The molecule has 0 fully saturated rings. The first-order chi connectivity index (χ1) is 13.7. The maximum Gasteiger partial charge on any atom is 0.349 e. The fraction of sp³-hybridized carbons (Fsp3) is 0.550. The third kappa shape index (κ3) is 5.21. The topological polar surface area (TPSA) is 159 Å². The van der Waals surface area contributed by atoms with E-state index >= 15 is 0 Å². The molecule has 0 amide bonds. The number of azide groups is 1. The van der Waals surface area contributed by atoms with E-state index in [-0.39, 0.29) is 17.1 Å². The van der Waals surface area contributed by atoms with Crippen molar-refractivity contribution >= 4 is 17.7 Å². The smallest absolute Gasteiger partial charge is 0.349 e. The first-order valence-electron chi connectivity index (χ1n) is 9.12. The third-order valence-electron chi connectivity index (χ3n) is 4.57. The molecule has 1 aromatic carbocycles. The number of ketones is 1. The van der Waals surface area contributed by atoms with Gasteiger partial charge in [-0.3, -0.25) is 4.79 Å². The van der Waals surface area contributed by atoms with E-state index in [0.29, 0.717) is 0 Å². The maximum atomic E-state index is 12.4. The summed E-state index contributed by atoms with van der Waals surface area (Å²) in [6, 6.07) is 3.96. The zero-order valence-electron chi connectivity index (χ0n) is 17.9. The highest BCUT2D eigenvalue weighted by Gasteiger charge is 2.59. The first-order valence-corrected chi connectivity index (χ1v) is 9.12. The predicted octanol–water partition coefficient (Wildman–Crippen LogP) is 3.94. The van der Waals surface area contributed by atoms with Gasteiger partial charge in [-0.1, -0.05) is 46.7 Å². The molecule has 0 heterocycles. The van der Waals surface area contributed by atoms with Gasteiger partial charge in [0.15, 0.2) is 23.9 Å². The molecule has 0 saturated heterocycles. The number of carbonyl (C=O) groups is 3. The minimum atomic E-state index is -1.72. The lowest BCUT2D eigenvalue weighted by Gasteiger charge is -2.49. The minimum absolute atomic E-state index is 0.0242. The number of carbonyl (C=O) groups excluding carboxylic acids is 1. The van der Waals surface area contributed by atoms with Crippen LogP contribution in [0.25, 0.3) is 10.4 Å². The van der Waals surface area contributed by atoms with Gasteiger partial charge in [0.05, 0.1) is 6.54 Å². The molecule has 164 valence electrons. The molecule has 0 radical (unpaired) electrons. The number of nitrogens with zero attached hydrogens (tertiary/aromatic N) is 3. The Morgan fingerprint density at radius 1 is 1.03 bits per heavy atom. The number of carboxylic acid groups (broad SMARTS) is 2. The van der Waals surface area contributed by atoms with E-state index in [1.807, 2.05) is 0 Å². The summed E-state index contributed by atoms with van der Waals surface area (Å²) < 4.78 is 11.3. The second-order valence-electron chi connectivity index (χ2n) is 8.74. The van der Waals surface area contributed by atoms with Crippen molar-refractivity contribution in [3.8, 4) is 11.5 Å². The Bertz CT molecular complexity index is 861. The van der Waals surface area contributed by atoms with Crippen LogP contribution in [0.3, 0.4) is 0 Å². The second-order valence-corrected chi connectivity index (χ2v) is 8.74. The summed E-state index contributed by atoms with van der Waals surface area (Å²) in [6.07, 6.45) is 0. The van der Waals surface area contributed by atoms with E-state index in [1.54, 1.807) is 41.5 Å². The summed E-state index contributed by atoms with van der Waals surface area (Å²) >= 11 is 0. The third-order valence-corrected chi connectivity index (χ3v) is 4.57. The number of aliphatic carboxylic acids is 2. The molecule has 1 aromatic rings. The Morgan fingerprint density at radius 3 is 2.03 bits per heavy atom. The summed E-state index contributed by atoms with van der Waals surface area (Å²) in [5.74, 6) is -3.11. The summed E-state index contributed by atoms with van der Waals surface area (Å²) in [5.41, 5.74) is 5.00. The van der Waals surface area contributed by atoms with E-state index in [9.17, 15) is 19.5 Å². The van der Waals surface area contributed by atoms with Crippen molar-refractivity contribution in [2.75, 3.05) is 13.2 Å². The van der Waals surface area contributed by atoms with E-state index in [1.165, 1.54) is 18.2 Å². The SMILES string of the molecule is CC(C)(C)C(Oc1ccc(C(=O)CN=[N+]=[N-])cc1OCC(=O)O)(C(=O)O)C(C)(C)C. The predicted molar refractivity (Wildman–Crippen MR) is 108 cm³/mol. The van der Waals surface area contributed by atoms with Crippen LogP contribution in [0.4, 0.5) is 0 Å². The molecule has 0 aromatic heterocycles. The lowest BCUT2D eigenvalue weighted by Crippen LogP contribution is -2.63. The summed E-state index contributed by atoms with van der Waals surface area (Å²) in [6.45, 7) is 9.19. The molecule has 0 unspecified atom stereocenters. The Kier molecular flexibility index (Phi) is 7.47. The number of benzene rings is 1. The highest BCUT2D eigenvalue weighted by molar-refractivity contribution is 5.98. The van der Waals surface area contributed by atoms with Crippen LogP contribution in [-0.2, 0) is 9.59 Å². The number of rotatable bonds is 9. The largest absolute Gasteiger partial charge is 0.479 e. The first kappa shape index (κ1) is 24.8. The highest BCUT2D eigenvalue weighted by Crippen LogP contribution is 2.49. The molecular formula is C20H27N3O7. The molecule has 0 aliphatic carbocycles. The lowest BCUT2D eigenvalue weighted by molar-refractivity contribution is -0.184. The van der Waals surface area contributed by atoms with E-state index in [2.05, 4.69) is 10.0 Å². The van der Waals surface area contributed by atoms with Crippen molar-refractivity contribution in [1.82, 2.24) is 0 Å². The second kappa shape index (κ2) is 9.04. The van der Waals surface area contributed by atoms with Crippen LogP contribution in [0.1, 0.15) is 51.9 Å². The van der Waals surface area contributed by atoms with Gasteiger partial charge in [0, 0.05) is 21.3 Å². The van der Waals surface area contributed by atoms with E-state index in [4.69, 9.17) is 20.1 Å². The molecule has 0 saturated carbocycles. The average Bonchev–Trinajstić information content (AvgIpc) is 2.60. The zero-order chi connectivity index (χ0) is 23.3. The van der Waals surface area contributed by atoms with Gasteiger partial charge in [-0.15, -0.1) is 0 Å². The summed E-state index contributed by atoms with van der Waals surface area (Å²) in [4.78, 5) is 38.1. The molecule has 0 aliphatic heterocycles. The van der Waals surface area contributed by atoms with Gasteiger partial charge in [-0.05, 0) is 23.7 Å². The molecule has 30 heavy (non-hydrogen) atoms. The zero-order valence-corrected chi connectivity index (χ0v) is 17.9. The molecule has 10 heteroatoms. The van der Waals surface area contributed by atoms with Gasteiger partial charge in [0.2, 0.25) is 5.60 Å². The van der Waals surface area contributed by atoms with Crippen LogP contribution in [0.2, 0.25) is 0 Å². The number of hydrogen-bond acceptors (Lipinski definition) is 6. The van der Waals surface area contributed by atoms with E-state index in [0.717, 1.165) is 0 Å². The highest BCUT2D eigenvalue weighted by atomic mass is 16.6. The molecular weight excluding hydrogens is 394 g/mol. The van der Waals surface area contributed by atoms with Crippen molar-refractivity contribution in [1.29, 1.82) is 0 Å².